The van der Waals surface area contributed by atoms with Crippen LogP contribution in [0.3, 0.4) is 0 Å². The van der Waals surface area contributed by atoms with Crippen LogP contribution in [0.2, 0.25) is 0 Å². The molecule has 0 saturated carbocycles. The van der Waals surface area contributed by atoms with Gasteiger partial charge in [-0.25, -0.2) is 19.2 Å². The molecule has 0 aliphatic rings. The van der Waals surface area contributed by atoms with Crippen molar-refractivity contribution in [1.82, 2.24) is 9.97 Å². The van der Waals surface area contributed by atoms with Crippen molar-refractivity contribution in [3.63, 3.8) is 0 Å². The van der Waals surface area contributed by atoms with Crippen molar-refractivity contribution < 1.29 is 8.42 Å². The van der Waals surface area contributed by atoms with E-state index in [9.17, 15) is 8.42 Å². The number of sulfone groups is 1. The maximum Gasteiger partial charge on any atom is 0.239 e. The number of nitrogens with one attached hydrogen (secondary N) is 2. The molecule has 1 aromatic carbocycles. The number of hydrogen-bond donors (Lipinski definition) is 3. The highest BCUT2D eigenvalue weighted by atomic mass is 32.2. The highest BCUT2D eigenvalue weighted by Gasteiger charge is 2.06. The Labute approximate surface area is 110 Å². The van der Waals surface area contributed by atoms with Crippen LogP contribution in [0.5, 0.6) is 0 Å². The molecule has 0 spiro atoms. The molecule has 0 amide bonds. The number of nitrogens with zero attached hydrogens (tertiary/aromatic N) is 2. The van der Waals surface area contributed by atoms with Crippen LogP contribution in [0.1, 0.15) is 0 Å². The molecule has 0 atom stereocenters. The topological polar surface area (TPSA) is 110 Å². The number of nitrogens with two attached hydrogens (primary N) is 1. The molecule has 4 N–H and O–H groups in total. The number of aromatic nitrogens is 2. The zero-order chi connectivity index (χ0) is 13.9. The van der Waals surface area contributed by atoms with E-state index in [1.807, 2.05) is 0 Å². The minimum Gasteiger partial charge on any atom is -0.340 e. The second-order valence-corrected chi connectivity index (χ2v) is 5.85. The summed E-state index contributed by atoms with van der Waals surface area (Å²) in [6.45, 7) is 0. The van der Waals surface area contributed by atoms with Crippen LogP contribution in [0, 0.1) is 0 Å². The van der Waals surface area contributed by atoms with Crippen LogP contribution >= 0.6 is 0 Å². The predicted molar refractivity (Wildman–Crippen MR) is 72.7 cm³/mol. The quantitative estimate of drug-likeness (QED) is 0.563. The van der Waals surface area contributed by atoms with Crippen molar-refractivity contribution in [3.8, 4) is 0 Å². The molecule has 0 saturated heterocycles. The molecule has 0 unspecified atom stereocenters. The second kappa shape index (κ2) is 5.21. The minimum absolute atomic E-state index is 0.269. The van der Waals surface area contributed by atoms with E-state index in [-0.39, 0.29) is 10.8 Å². The lowest BCUT2D eigenvalue weighted by molar-refractivity contribution is 0.602. The van der Waals surface area contributed by atoms with Crippen molar-refractivity contribution in [2.24, 2.45) is 5.84 Å². The number of rotatable bonds is 4. The van der Waals surface area contributed by atoms with Crippen LogP contribution in [0.15, 0.2) is 41.4 Å². The maximum atomic E-state index is 11.3. The summed E-state index contributed by atoms with van der Waals surface area (Å²) in [5.74, 6) is 6.05. The first-order chi connectivity index (χ1) is 8.99. The number of nitrogen functional groups attached to an aromatic ring is 1. The molecular weight excluding hydrogens is 266 g/mol. The number of hydrazine groups is 1. The van der Waals surface area contributed by atoms with Gasteiger partial charge in [-0.1, -0.05) is 0 Å². The summed E-state index contributed by atoms with van der Waals surface area (Å²) in [7, 11) is -3.18. The van der Waals surface area contributed by atoms with Crippen molar-refractivity contribution in [2.75, 3.05) is 17.0 Å². The van der Waals surface area contributed by atoms with Crippen molar-refractivity contribution in [2.45, 2.75) is 4.90 Å². The average Bonchev–Trinajstić information content (AvgIpc) is 2.38. The Kier molecular flexibility index (Phi) is 3.63. The Morgan fingerprint density at radius 2 is 1.84 bits per heavy atom. The Hall–Kier alpha value is -2.19. The van der Waals surface area contributed by atoms with E-state index in [1.165, 1.54) is 18.4 Å². The van der Waals surface area contributed by atoms with E-state index in [0.717, 1.165) is 0 Å². The van der Waals surface area contributed by atoms with Gasteiger partial charge in [0.1, 0.15) is 5.82 Å². The molecule has 1 aromatic heterocycles. The van der Waals surface area contributed by atoms with Gasteiger partial charge >= 0.3 is 0 Å². The average molecular weight is 279 g/mol. The summed E-state index contributed by atoms with van der Waals surface area (Å²) in [5, 5.41) is 3.02. The molecule has 2 rings (SSSR count). The van der Waals surface area contributed by atoms with Crippen molar-refractivity contribution in [3.05, 3.63) is 36.5 Å². The largest absolute Gasteiger partial charge is 0.340 e. The SMILES string of the molecule is CS(=O)(=O)c1ccc(Nc2ccnc(NN)n2)cc1. The predicted octanol–water partition coefficient (Wildman–Crippen LogP) is 0.909. The first-order valence-corrected chi connectivity index (χ1v) is 7.25. The molecular formula is C11H13N5O2S. The normalized spacial score (nSPS) is 11.1. The fraction of sp³-hybridized carbons (Fsp3) is 0.0909. The zero-order valence-corrected chi connectivity index (χ0v) is 11.0. The number of hydrogen-bond acceptors (Lipinski definition) is 7. The van der Waals surface area contributed by atoms with Gasteiger partial charge in [0.2, 0.25) is 5.95 Å². The summed E-state index contributed by atoms with van der Waals surface area (Å²) in [6.07, 6.45) is 2.72. The standard InChI is InChI=1S/C11H13N5O2S/c1-19(17,18)9-4-2-8(3-5-9)14-10-6-7-13-11(15-10)16-12/h2-7H,12H2,1H3,(H2,13,14,15,16). The molecule has 0 radical (unpaired) electrons. The Balaban J connectivity index is 2.19. The summed E-state index contributed by atoms with van der Waals surface area (Å²) < 4.78 is 22.6. The van der Waals surface area contributed by atoms with Crippen LogP contribution in [0.4, 0.5) is 17.5 Å². The van der Waals surface area contributed by atoms with Crippen LogP contribution < -0.4 is 16.6 Å². The molecule has 0 bridgehead atoms. The van der Waals surface area contributed by atoms with Gasteiger partial charge in [-0.2, -0.15) is 4.98 Å². The molecule has 0 aliphatic carbocycles. The first-order valence-electron chi connectivity index (χ1n) is 5.36. The third-order valence-electron chi connectivity index (χ3n) is 2.34. The van der Waals surface area contributed by atoms with Gasteiger partial charge in [-0.3, -0.25) is 5.43 Å². The third-order valence-corrected chi connectivity index (χ3v) is 3.47. The van der Waals surface area contributed by atoms with Crippen molar-refractivity contribution >= 4 is 27.3 Å². The zero-order valence-electron chi connectivity index (χ0n) is 10.2. The second-order valence-electron chi connectivity index (χ2n) is 3.83. The lowest BCUT2D eigenvalue weighted by Crippen LogP contribution is -2.10. The maximum absolute atomic E-state index is 11.3. The third kappa shape index (κ3) is 3.39. The summed E-state index contributed by atoms with van der Waals surface area (Å²) in [6, 6.07) is 8.05. The molecule has 19 heavy (non-hydrogen) atoms. The Morgan fingerprint density at radius 3 is 2.42 bits per heavy atom. The fourth-order valence-corrected chi connectivity index (χ4v) is 2.06. The van der Waals surface area contributed by atoms with Crippen molar-refractivity contribution in [1.29, 1.82) is 0 Å². The number of benzene rings is 1. The fourth-order valence-electron chi connectivity index (χ4n) is 1.43. The van der Waals surface area contributed by atoms with Gasteiger partial charge in [0.05, 0.1) is 4.90 Å². The summed E-state index contributed by atoms with van der Waals surface area (Å²) >= 11 is 0. The molecule has 7 nitrogen and oxygen atoms in total. The molecule has 0 aliphatic heterocycles. The van der Waals surface area contributed by atoms with Crippen LogP contribution in [-0.2, 0) is 9.84 Å². The molecule has 0 fully saturated rings. The Morgan fingerprint density at radius 1 is 1.16 bits per heavy atom. The van der Waals surface area contributed by atoms with Gasteiger partial charge in [-0.05, 0) is 30.3 Å². The minimum atomic E-state index is -3.18. The van der Waals surface area contributed by atoms with Gasteiger partial charge in [0.15, 0.2) is 9.84 Å². The van der Waals surface area contributed by atoms with Gasteiger partial charge < -0.3 is 5.32 Å². The van der Waals surface area contributed by atoms with Gasteiger partial charge in [0, 0.05) is 18.1 Å². The smallest absolute Gasteiger partial charge is 0.239 e. The molecule has 2 aromatic rings. The van der Waals surface area contributed by atoms with Crippen LogP contribution in [-0.4, -0.2) is 24.6 Å². The van der Waals surface area contributed by atoms with E-state index in [1.54, 1.807) is 24.4 Å². The molecule has 1 heterocycles. The van der Waals surface area contributed by atoms with E-state index in [0.29, 0.717) is 11.5 Å². The Bertz CT molecular complexity index is 670. The van der Waals surface area contributed by atoms with E-state index >= 15 is 0 Å². The lowest BCUT2D eigenvalue weighted by Gasteiger charge is -2.07. The first kappa shape index (κ1) is 13.2. The highest BCUT2D eigenvalue weighted by Crippen LogP contribution is 2.17. The highest BCUT2D eigenvalue weighted by molar-refractivity contribution is 7.90. The molecule has 8 heteroatoms. The van der Waals surface area contributed by atoms with E-state index in [4.69, 9.17) is 5.84 Å². The summed E-state index contributed by atoms with van der Waals surface area (Å²) in [4.78, 5) is 8.23. The lowest BCUT2D eigenvalue weighted by atomic mass is 10.3. The van der Waals surface area contributed by atoms with E-state index in [2.05, 4.69) is 20.7 Å². The van der Waals surface area contributed by atoms with E-state index < -0.39 is 9.84 Å². The van der Waals surface area contributed by atoms with Crippen LogP contribution in [0.25, 0.3) is 0 Å². The van der Waals surface area contributed by atoms with Gasteiger partial charge in [-0.15, -0.1) is 0 Å². The monoisotopic (exact) mass is 279 g/mol. The summed E-state index contributed by atoms with van der Waals surface area (Å²) in [5.41, 5.74) is 3.06. The number of anilines is 3. The van der Waals surface area contributed by atoms with Gasteiger partial charge in [0.25, 0.3) is 0 Å². The molecule has 100 valence electrons.